The fraction of sp³-hybridized carbons (Fsp3) is 0.0714. The van der Waals surface area contributed by atoms with Gasteiger partial charge in [0.25, 0.3) is 0 Å². The molecule has 0 radical (unpaired) electrons. The molecule has 0 spiro atoms. The molecule has 1 aromatic heterocycles. The molecule has 1 unspecified atom stereocenters. The Labute approximate surface area is 280 Å². The van der Waals surface area contributed by atoms with E-state index in [4.69, 9.17) is 20.7 Å². The highest BCUT2D eigenvalue weighted by molar-refractivity contribution is 5.84. The van der Waals surface area contributed by atoms with Crippen LogP contribution in [0.25, 0.3) is 56.4 Å². The number of benzene rings is 6. The highest BCUT2D eigenvalue weighted by Gasteiger charge is 2.28. The molecule has 7 aromatic rings. The number of nitrogen functional groups attached to an aromatic ring is 1. The van der Waals surface area contributed by atoms with Crippen molar-refractivity contribution in [3.05, 3.63) is 152 Å². The summed E-state index contributed by atoms with van der Waals surface area (Å²) in [6.45, 7) is 2.21. The van der Waals surface area contributed by atoms with E-state index in [0.717, 1.165) is 51.1 Å². The Morgan fingerprint density at radius 2 is 1.04 bits per heavy atom. The van der Waals surface area contributed by atoms with Gasteiger partial charge >= 0.3 is 0 Å². The standard InChI is InChI=1S/C42H34N6/c1-2-39-44-37-18-9-10-19-38(37)48(39)36-22-20-28(21-23-36)33-25-34(27-35(43)26-33)31-16-11-17-32(24-31)42-46-40(29-12-5-3-6-13-29)45-41(47-42)30-14-7-4-8-15-30/h3-27,39,44H,2,43H2,1H3. The minimum atomic E-state index is 0.219. The predicted octanol–water partition coefficient (Wildman–Crippen LogP) is 10.1. The second-order valence-corrected chi connectivity index (χ2v) is 12.0. The van der Waals surface area contributed by atoms with Gasteiger partial charge in [-0.3, -0.25) is 0 Å². The fourth-order valence-corrected chi connectivity index (χ4v) is 6.40. The first-order valence-corrected chi connectivity index (χ1v) is 16.3. The zero-order valence-electron chi connectivity index (χ0n) is 26.6. The molecule has 6 aromatic carbocycles. The number of anilines is 4. The first kappa shape index (κ1) is 29.2. The third-order valence-corrected chi connectivity index (χ3v) is 8.77. The second kappa shape index (κ2) is 12.5. The quantitative estimate of drug-likeness (QED) is 0.172. The number of rotatable bonds is 7. The zero-order chi connectivity index (χ0) is 32.5. The molecule has 1 aliphatic rings. The van der Waals surface area contributed by atoms with Gasteiger partial charge < -0.3 is 16.0 Å². The SMILES string of the molecule is CCC1Nc2ccccc2N1c1ccc(-c2cc(N)cc(-c3cccc(-c4nc(-c5ccccc5)nc(-c5ccccc5)n4)c3)c2)cc1. The van der Waals surface area contributed by atoms with Gasteiger partial charge in [0.1, 0.15) is 6.17 Å². The molecule has 6 nitrogen and oxygen atoms in total. The van der Waals surface area contributed by atoms with E-state index in [0.29, 0.717) is 23.2 Å². The molecule has 0 aliphatic carbocycles. The minimum Gasteiger partial charge on any atom is -0.399 e. The molecule has 6 heteroatoms. The van der Waals surface area contributed by atoms with Crippen LogP contribution in [0.4, 0.5) is 22.7 Å². The van der Waals surface area contributed by atoms with Crippen LogP contribution in [-0.2, 0) is 0 Å². The Morgan fingerprint density at radius 3 is 1.69 bits per heavy atom. The number of hydrogen-bond acceptors (Lipinski definition) is 6. The summed E-state index contributed by atoms with van der Waals surface area (Å²) in [6, 6.07) is 51.9. The molecule has 0 saturated heterocycles. The van der Waals surface area contributed by atoms with Gasteiger partial charge in [0.05, 0.1) is 11.4 Å². The van der Waals surface area contributed by atoms with Crippen molar-refractivity contribution in [1.82, 2.24) is 15.0 Å². The number of hydrogen-bond donors (Lipinski definition) is 2. The van der Waals surface area contributed by atoms with Gasteiger partial charge in [0, 0.05) is 28.1 Å². The van der Waals surface area contributed by atoms with Crippen LogP contribution in [0.5, 0.6) is 0 Å². The zero-order valence-corrected chi connectivity index (χ0v) is 26.6. The summed E-state index contributed by atoms with van der Waals surface area (Å²) in [7, 11) is 0. The molecule has 0 bridgehead atoms. The van der Waals surface area contributed by atoms with Gasteiger partial charge in [-0.2, -0.15) is 0 Å². The molecule has 1 aliphatic heterocycles. The molecule has 232 valence electrons. The maximum atomic E-state index is 6.52. The van der Waals surface area contributed by atoms with Crippen molar-refractivity contribution in [3.8, 4) is 56.4 Å². The highest BCUT2D eigenvalue weighted by atomic mass is 15.3. The van der Waals surface area contributed by atoms with Crippen LogP contribution in [0, 0.1) is 0 Å². The number of fused-ring (bicyclic) bond motifs is 1. The number of nitrogens with one attached hydrogen (secondary N) is 1. The van der Waals surface area contributed by atoms with E-state index in [-0.39, 0.29) is 6.17 Å². The molecule has 0 amide bonds. The summed E-state index contributed by atoms with van der Waals surface area (Å²) in [5, 5.41) is 3.65. The summed E-state index contributed by atoms with van der Waals surface area (Å²) in [4.78, 5) is 17.1. The minimum absolute atomic E-state index is 0.219. The summed E-state index contributed by atoms with van der Waals surface area (Å²) < 4.78 is 0. The van der Waals surface area contributed by atoms with E-state index >= 15 is 0 Å². The lowest BCUT2D eigenvalue weighted by Crippen LogP contribution is -2.30. The third kappa shape index (κ3) is 5.65. The van der Waals surface area contributed by atoms with Crippen LogP contribution in [0.2, 0.25) is 0 Å². The maximum Gasteiger partial charge on any atom is 0.164 e. The summed E-state index contributed by atoms with van der Waals surface area (Å²) in [5.74, 6) is 1.89. The molecule has 1 atom stereocenters. The van der Waals surface area contributed by atoms with E-state index in [9.17, 15) is 0 Å². The number of nitrogens with zero attached hydrogens (tertiary/aromatic N) is 4. The van der Waals surface area contributed by atoms with Crippen molar-refractivity contribution < 1.29 is 0 Å². The van der Waals surface area contributed by atoms with Crippen LogP contribution in [-0.4, -0.2) is 21.1 Å². The van der Waals surface area contributed by atoms with E-state index < -0.39 is 0 Å². The van der Waals surface area contributed by atoms with E-state index in [1.54, 1.807) is 0 Å². The molecular formula is C42H34N6. The van der Waals surface area contributed by atoms with Crippen LogP contribution < -0.4 is 16.0 Å². The molecule has 0 saturated carbocycles. The number of nitrogens with two attached hydrogens (primary N) is 1. The maximum absolute atomic E-state index is 6.52. The summed E-state index contributed by atoms with van der Waals surface area (Å²) in [5.41, 5.74) is 17.8. The summed E-state index contributed by atoms with van der Waals surface area (Å²) in [6.07, 6.45) is 1.20. The van der Waals surface area contributed by atoms with Crippen molar-refractivity contribution in [2.24, 2.45) is 0 Å². The van der Waals surface area contributed by atoms with Gasteiger partial charge in [-0.1, -0.05) is 110 Å². The fourth-order valence-electron chi connectivity index (χ4n) is 6.40. The predicted molar refractivity (Wildman–Crippen MR) is 198 cm³/mol. The van der Waals surface area contributed by atoms with Gasteiger partial charge in [-0.05, 0) is 77.2 Å². The lowest BCUT2D eigenvalue weighted by Gasteiger charge is -2.26. The number of aromatic nitrogens is 3. The van der Waals surface area contributed by atoms with Crippen LogP contribution in [0.15, 0.2) is 152 Å². The van der Waals surface area contributed by atoms with E-state index in [1.165, 1.54) is 11.4 Å². The first-order chi connectivity index (χ1) is 23.6. The monoisotopic (exact) mass is 622 g/mol. The molecule has 0 fully saturated rings. The third-order valence-electron chi connectivity index (χ3n) is 8.77. The Kier molecular flexibility index (Phi) is 7.59. The highest BCUT2D eigenvalue weighted by Crippen LogP contribution is 2.41. The van der Waals surface area contributed by atoms with Crippen molar-refractivity contribution >= 4 is 22.7 Å². The van der Waals surface area contributed by atoms with Crippen molar-refractivity contribution in [2.75, 3.05) is 16.0 Å². The van der Waals surface area contributed by atoms with Gasteiger partial charge in [-0.25, -0.2) is 15.0 Å². The molecule has 3 N–H and O–H groups in total. The van der Waals surface area contributed by atoms with E-state index in [1.807, 2.05) is 84.9 Å². The molecule has 48 heavy (non-hydrogen) atoms. The lowest BCUT2D eigenvalue weighted by atomic mass is 9.96. The van der Waals surface area contributed by atoms with Crippen LogP contribution >= 0.6 is 0 Å². The summed E-state index contributed by atoms with van der Waals surface area (Å²) >= 11 is 0. The van der Waals surface area contributed by atoms with E-state index in [2.05, 4.69) is 83.9 Å². The van der Waals surface area contributed by atoms with Gasteiger partial charge in [-0.15, -0.1) is 0 Å². The first-order valence-electron chi connectivity index (χ1n) is 16.3. The molecule has 8 rings (SSSR count). The smallest absolute Gasteiger partial charge is 0.164 e. The Morgan fingerprint density at radius 1 is 0.521 bits per heavy atom. The van der Waals surface area contributed by atoms with Gasteiger partial charge in [0.15, 0.2) is 17.5 Å². The van der Waals surface area contributed by atoms with Crippen molar-refractivity contribution in [1.29, 1.82) is 0 Å². The normalized spacial score (nSPS) is 13.6. The topological polar surface area (TPSA) is 80.0 Å². The Bertz CT molecular complexity index is 2160. The second-order valence-electron chi connectivity index (χ2n) is 12.0. The van der Waals surface area contributed by atoms with Crippen LogP contribution in [0.1, 0.15) is 13.3 Å². The van der Waals surface area contributed by atoms with Crippen molar-refractivity contribution in [2.45, 2.75) is 19.5 Å². The van der Waals surface area contributed by atoms with Crippen LogP contribution in [0.3, 0.4) is 0 Å². The van der Waals surface area contributed by atoms with Crippen molar-refractivity contribution in [3.63, 3.8) is 0 Å². The molecule has 2 heterocycles. The molecular weight excluding hydrogens is 589 g/mol. The Hall–Kier alpha value is -6.27. The average molecular weight is 623 g/mol. The number of para-hydroxylation sites is 2. The lowest BCUT2D eigenvalue weighted by molar-refractivity contribution is 0.728. The average Bonchev–Trinajstić information content (AvgIpc) is 3.54. The largest absolute Gasteiger partial charge is 0.399 e. The van der Waals surface area contributed by atoms with Gasteiger partial charge in [0.2, 0.25) is 0 Å². The Balaban J connectivity index is 1.14.